The molecule has 2 aromatic rings. The van der Waals surface area contributed by atoms with E-state index in [1.54, 1.807) is 23.1 Å². The number of carbonyl (C=O) groups excluding carboxylic acids is 1. The van der Waals surface area contributed by atoms with Crippen molar-refractivity contribution in [1.29, 1.82) is 0 Å². The summed E-state index contributed by atoms with van der Waals surface area (Å²) in [6, 6.07) is 5.73. The largest absolute Gasteiger partial charge is 0.459 e. The smallest absolute Gasteiger partial charge is 0.295 e. The number of nitro benzene ring substituents is 1. The topological polar surface area (TPSA) is 86.3 Å². The third-order valence-corrected chi connectivity index (χ3v) is 6.36. The third kappa shape index (κ3) is 4.27. The van der Waals surface area contributed by atoms with Crippen LogP contribution in [0.3, 0.4) is 0 Å². The van der Waals surface area contributed by atoms with Gasteiger partial charge in [-0.1, -0.05) is 6.92 Å². The van der Waals surface area contributed by atoms with Gasteiger partial charge < -0.3 is 24.0 Å². The molecule has 2 aliphatic rings. The molecule has 2 fully saturated rings. The molecule has 4 rings (SSSR count). The molecule has 0 N–H and O–H groups in total. The summed E-state index contributed by atoms with van der Waals surface area (Å²) in [5.74, 6) is -0.512. The van der Waals surface area contributed by atoms with Crippen molar-refractivity contribution in [2.45, 2.75) is 19.9 Å². The number of hydrogen-bond acceptors (Lipinski definition) is 7. The number of benzene rings is 1. The van der Waals surface area contributed by atoms with Gasteiger partial charge in [-0.2, -0.15) is 0 Å². The number of piperazine rings is 2. The lowest BCUT2D eigenvalue weighted by molar-refractivity contribution is -0.384. The zero-order valence-corrected chi connectivity index (χ0v) is 18.4. The Labute approximate surface area is 186 Å². The van der Waals surface area contributed by atoms with E-state index in [0.717, 1.165) is 25.7 Å². The second-order valence-electron chi connectivity index (χ2n) is 8.24. The molecule has 1 aromatic carbocycles. The van der Waals surface area contributed by atoms with Crippen LogP contribution in [0, 0.1) is 15.9 Å². The van der Waals surface area contributed by atoms with E-state index in [1.165, 1.54) is 6.26 Å². The number of nitro groups is 1. The molecule has 9 nitrogen and oxygen atoms in total. The van der Waals surface area contributed by atoms with Crippen molar-refractivity contribution in [1.82, 2.24) is 9.80 Å². The number of rotatable bonds is 5. The standard InChI is InChI=1S/C22H28FN5O4/c1-3-24-6-8-25(9-7-24)18-14-19(20(28(30)31)13-17(18)23)26-10-11-27(16(2)15-26)22(29)21-5-4-12-32-21/h4-5,12-14,16H,3,6-11,15H2,1-2H3. The van der Waals surface area contributed by atoms with Crippen LogP contribution < -0.4 is 9.80 Å². The second-order valence-corrected chi connectivity index (χ2v) is 8.24. The first-order chi connectivity index (χ1) is 15.4. The van der Waals surface area contributed by atoms with Gasteiger partial charge in [0.1, 0.15) is 5.69 Å². The molecular weight excluding hydrogens is 417 g/mol. The maximum atomic E-state index is 14.9. The van der Waals surface area contributed by atoms with Crippen LogP contribution in [-0.2, 0) is 0 Å². The Morgan fingerprint density at radius 2 is 1.88 bits per heavy atom. The van der Waals surface area contributed by atoms with E-state index in [1.807, 2.05) is 16.7 Å². The number of likely N-dealkylation sites (N-methyl/N-ethyl adjacent to an activating group) is 1. The molecule has 10 heteroatoms. The molecule has 3 heterocycles. The van der Waals surface area contributed by atoms with Crippen LogP contribution in [0.25, 0.3) is 0 Å². The molecule has 1 amide bonds. The maximum absolute atomic E-state index is 14.9. The summed E-state index contributed by atoms with van der Waals surface area (Å²) >= 11 is 0. The lowest BCUT2D eigenvalue weighted by Gasteiger charge is -2.41. The molecule has 172 valence electrons. The third-order valence-electron chi connectivity index (χ3n) is 6.36. The number of nitrogens with zero attached hydrogens (tertiary/aromatic N) is 5. The van der Waals surface area contributed by atoms with Gasteiger partial charge in [0.2, 0.25) is 0 Å². The molecule has 0 saturated carbocycles. The average molecular weight is 445 g/mol. The van der Waals surface area contributed by atoms with Gasteiger partial charge in [0.25, 0.3) is 11.6 Å². The second kappa shape index (κ2) is 9.15. The Morgan fingerprint density at radius 1 is 1.16 bits per heavy atom. The maximum Gasteiger partial charge on any atom is 0.295 e. The summed E-state index contributed by atoms with van der Waals surface area (Å²) in [6.07, 6.45) is 1.46. The molecule has 0 aliphatic carbocycles. The van der Waals surface area contributed by atoms with Gasteiger partial charge in [-0.25, -0.2) is 4.39 Å². The van der Waals surface area contributed by atoms with Crippen LogP contribution in [0.5, 0.6) is 0 Å². The quantitative estimate of drug-likeness (QED) is 0.517. The number of anilines is 2. The molecule has 1 unspecified atom stereocenters. The summed E-state index contributed by atoms with van der Waals surface area (Å²) in [5, 5.41) is 11.7. The first-order valence-electron chi connectivity index (χ1n) is 10.9. The fraction of sp³-hybridized carbons (Fsp3) is 0.500. The van der Waals surface area contributed by atoms with E-state index in [4.69, 9.17) is 4.42 Å². The van der Waals surface area contributed by atoms with E-state index >= 15 is 0 Å². The van der Waals surface area contributed by atoms with Crippen molar-refractivity contribution >= 4 is 23.0 Å². The van der Waals surface area contributed by atoms with Gasteiger partial charge in [0.05, 0.1) is 22.9 Å². The number of halogens is 1. The Balaban J connectivity index is 1.57. The summed E-state index contributed by atoms with van der Waals surface area (Å²) < 4.78 is 20.1. The first kappa shape index (κ1) is 22.1. The molecule has 2 saturated heterocycles. The van der Waals surface area contributed by atoms with E-state index < -0.39 is 10.7 Å². The van der Waals surface area contributed by atoms with E-state index in [9.17, 15) is 19.3 Å². The molecule has 0 bridgehead atoms. The van der Waals surface area contributed by atoms with Gasteiger partial charge in [-0.05, 0) is 31.7 Å². The summed E-state index contributed by atoms with van der Waals surface area (Å²) in [4.78, 5) is 31.7. The van der Waals surface area contributed by atoms with Crippen LogP contribution in [0.15, 0.2) is 34.9 Å². The monoisotopic (exact) mass is 445 g/mol. The highest BCUT2D eigenvalue weighted by atomic mass is 19.1. The predicted molar refractivity (Wildman–Crippen MR) is 119 cm³/mol. The highest BCUT2D eigenvalue weighted by molar-refractivity contribution is 5.92. The highest BCUT2D eigenvalue weighted by Gasteiger charge is 2.33. The fourth-order valence-electron chi connectivity index (χ4n) is 4.51. The Kier molecular flexibility index (Phi) is 6.31. The van der Waals surface area contributed by atoms with Crippen molar-refractivity contribution in [3.05, 3.63) is 52.2 Å². The van der Waals surface area contributed by atoms with Gasteiger partial charge in [-0.3, -0.25) is 14.9 Å². The lowest BCUT2D eigenvalue weighted by atomic mass is 10.1. The molecule has 32 heavy (non-hydrogen) atoms. The number of carbonyl (C=O) groups is 1. The van der Waals surface area contributed by atoms with E-state index in [-0.39, 0.29) is 23.4 Å². The van der Waals surface area contributed by atoms with Gasteiger partial charge >= 0.3 is 0 Å². The molecule has 0 radical (unpaired) electrons. The first-order valence-corrected chi connectivity index (χ1v) is 10.9. The number of furan rings is 1. The van der Waals surface area contributed by atoms with Crippen molar-refractivity contribution in [2.24, 2.45) is 0 Å². The normalized spacial score (nSPS) is 20.0. The van der Waals surface area contributed by atoms with Crippen LogP contribution in [0.2, 0.25) is 0 Å². The molecule has 0 spiro atoms. The van der Waals surface area contributed by atoms with Crippen molar-refractivity contribution in [3.63, 3.8) is 0 Å². The Morgan fingerprint density at radius 3 is 2.47 bits per heavy atom. The molecule has 1 atom stereocenters. The van der Waals surface area contributed by atoms with Gasteiger partial charge in [0, 0.05) is 51.9 Å². The van der Waals surface area contributed by atoms with Crippen LogP contribution >= 0.6 is 0 Å². The van der Waals surface area contributed by atoms with Crippen LogP contribution in [0.1, 0.15) is 24.4 Å². The minimum absolute atomic E-state index is 0.192. The van der Waals surface area contributed by atoms with E-state index in [2.05, 4.69) is 11.8 Å². The number of hydrogen-bond donors (Lipinski definition) is 0. The molecular formula is C22H28FN5O4. The molecule has 1 aromatic heterocycles. The van der Waals surface area contributed by atoms with Crippen LogP contribution in [-0.4, -0.2) is 79.0 Å². The summed E-state index contributed by atoms with van der Waals surface area (Å²) in [6.45, 7) is 9.13. The van der Waals surface area contributed by atoms with Crippen molar-refractivity contribution in [3.8, 4) is 0 Å². The van der Waals surface area contributed by atoms with Crippen molar-refractivity contribution in [2.75, 3.05) is 62.2 Å². The van der Waals surface area contributed by atoms with Crippen molar-refractivity contribution < 1.29 is 18.5 Å². The zero-order chi connectivity index (χ0) is 22.8. The summed E-state index contributed by atoms with van der Waals surface area (Å²) in [5.41, 5.74) is 0.529. The fourth-order valence-corrected chi connectivity index (χ4v) is 4.51. The summed E-state index contributed by atoms with van der Waals surface area (Å²) in [7, 11) is 0. The minimum Gasteiger partial charge on any atom is -0.459 e. The zero-order valence-electron chi connectivity index (χ0n) is 18.4. The van der Waals surface area contributed by atoms with Crippen LogP contribution in [0.4, 0.5) is 21.5 Å². The SMILES string of the molecule is CCN1CCN(c2cc(N3CCN(C(=O)c4ccco4)C(C)C3)c([N+](=O)[O-])cc2F)CC1. The highest BCUT2D eigenvalue weighted by Crippen LogP contribution is 2.36. The van der Waals surface area contributed by atoms with Gasteiger partial charge in [-0.15, -0.1) is 0 Å². The average Bonchev–Trinajstić information content (AvgIpc) is 3.33. The Bertz CT molecular complexity index is 975. The predicted octanol–water partition coefficient (Wildman–Crippen LogP) is 2.82. The minimum atomic E-state index is -0.579. The Hall–Kier alpha value is -3.14. The molecule has 2 aliphatic heterocycles. The van der Waals surface area contributed by atoms with Gasteiger partial charge in [0.15, 0.2) is 11.6 Å². The lowest BCUT2D eigenvalue weighted by Crippen LogP contribution is -2.54. The number of amides is 1. The van der Waals surface area contributed by atoms with E-state index in [0.29, 0.717) is 44.1 Å².